The first-order valence-corrected chi connectivity index (χ1v) is 6.45. The molecule has 6 nitrogen and oxygen atoms in total. The van der Waals surface area contributed by atoms with Crippen molar-refractivity contribution in [1.29, 1.82) is 0 Å². The van der Waals surface area contributed by atoms with E-state index in [1.165, 1.54) is 6.20 Å². The molecular weight excluding hydrogens is 242 g/mol. The topological polar surface area (TPSA) is 84.2 Å². The van der Waals surface area contributed by atoms with E-state index in [1.54, 1.807) is 10.9 Å². The third kappa shape index (κ3) is 3.30. The fourth-order valence-corrected chi connectivity index (χ4v) is 1.66. The number of anilines is 1. The maximum Gasteiger partial charge on any atom is 0.283 e. The van der Waals surface area contributed by atoms with Crippen LogP contribution in [0.3, 0.4) is 0 Å². The maximum atomic E-state index is 10.5. The van der Waals surface area contributed by atoms with E-state index in [2.05, 4.69) is 10.4 Å². The summed E-state index contributed by atoms with van der Waals surface area (Å²) in [7, 11) is -4.03. The second-order valence-corrected chi connectivity index (χ2v) is 4.86. The molecule has 0 saturated heterocycles. The van der Waals surface area contributed by atoms with Crippen LogP contribution in [-0.2, 0) is 10.1 Å². The summed E-state index contributed by atoms with van der Waals surface area (Å²) in [5, 5.41) is 6.62. The fourth-order valence-electron chi connectivity index (χ4n) is 1.31. The van der Waals surface area contributed by atoms with Gasteiger partial charge >= 0.3 is 0 Å². The van der Waals surface area contributed by atoms with Gasteiger partial charge in [0.1, 0.15) is 5.88 Å². The van der Waals surface area contributed by atoms with E-state index < -0.39 is 16.0 Å². The number of nitrogens with one attached hydrogen (secondary N) is 1. The van der Waals surface area contributed by atoms with E-state index in [0.29, 0.717) is 5.69 Å². The number of nitrogens with zero attached hydrogens (tertiary/aromatic N) is 2. The Morgan fingerprint density at radius 1 is 1.29 bits per heavy atom. The average Bonchev–Trinajstić information content (AvgIpc) is 2.75. The Hall–Kier alpha value is -1.86. The Labute approximate surface area is 98.6 Å². The minimum absolute atomic E-state index is 0.520. The lowest BCUT2D eigenvalue weighted by Crippen LogP contribution is -2.12. The minimum Gasteiger partial charge on any atom is -0.367 e. The molecule has 0 fully saturated rings. The highest BCUT2D eigenvalue weighted by Gasteiger charge is 2.05. The summed E-state index contributed by atoms with van der Waals surface area (Å²) in [5.41, 5.74) is 1.39. The highest BCUT2D eigenvalue weighted by Crippen LogP contribution is 2.11. The highest BCUT2D eigenvalue weighted by molar-refractivity contribution is 7.85. The van der Waals surface area contributed by atoms with Gasteiger partial charge in [0.25, 0.3) is 10.1 Å². The Bertz CT molecular complexity index is 592. The van der Waals surface area contributed by atoms with Crippen molar-refractivity contribution in [3.05, 3.63) is 42.7 Å². The number of rotatable bonds is 4. The van der Waals surface area contributed by atoms with E-state index in [1.807, 2.05) is 30.3 Å². The van der Waals surface area contributed by atoms with Gasteiger partial charge in [0.15, 0.2) is 0 Å². The number of benzene rings is 1. The molecule has 0 aliphatic rings. The summed E-state index contributed by atoms with van der Waals surface area (Å²) in [6.07, 6.45) is 3.12. The molecule has 0 spiro atoms. The zero-order valence-electron chi connectivity index (χ0n) is 8.81. The third-order valence-electron chi connectivity index (χ3n) is 2.06. The van der Waals surface area contributed by atoms with Crippen LogP contribution >= 0.6 is 0 Å². The van der Waals surface area contributed by atoms with Gasteiger partial charge in [0, 0.05) is 0 Å². The van der Waals surface area contributed by atoms with Crippen molar-refractivity contribution in [3.63, 3.8) is 0 Å². The minimum atomic E-state index is -4.03. The summed E-state index contributed by atoms with van der Waals surface area (Å²) in [6.45, 7) is 0. The molecule has 90 valence electrons. The van der Waals surface area contributed by atoms with Gasteiger partial charge in [0.2, 0.25) is 0 Å². The normalized spacial score (nSPS) is 11.4. The molecule has 2 aromatic rings. The first-order valence-electron chi connectivity index (χ1n) is 4.84. The summed E-state index contributed by atoms with van der Waals surface area (Å²) >= 11 is 0. The van der Waals surface area contributed by atoms with Crippen LogP contribution < -0.4 is 5.32 Å². The van der Waals surface area contributed by atoms with Crippen molar-refractivity contribution in [3.8, 4) is 5.69 Å². The van der Waals surface area contributed by atoms with E-state index in [0.717, 1.165) is 5.69 Å². The quantitative estimate of drug-likeness (QED) is 0.798. The number of hydrogen-bond acceptors (Lipinski definition) is 4. The lowest BCUT2D eigenvalue weighted by Gasteiger charge is -2.00. The van der Waals surface area contributed by atoms with Crippen LogP contribution in [0.15, 0.2) is 42.7 Å². The Morgan fingerprint density at radius 2 is 2.00 bits per heavy atom. The summed E-state index contributed by atoms with van der Waals surface area (Å²) in [4.78, 5) is 0. The average molecular weight is 253 g/mol. The molecule has 0 radical (unpaired) electrons. The molecule has 0 atom stereocenters. The molecule has 0 saturated carbocycles. The van der Waals surface area contributed by atoms with Crippen LogP contribution in [0.5, 0.6) is 0 Å². The fraction of sp³-hybridized carbons (Fsp3) is 0.100. The molecular formula is C10H11N3O3S. The van der Waals surface area contributed by atoms with Crippen molar-refractivity contribution in [2.24, 2.45) is 0 Å². The predicted molar refractivity (Wildman–Crippen MR) is 63.6 cm³/mol. The maximum absolute atomic E-state index is 10.5. The monoisotopic (exact) mass is 253 g/mol. The van der Waals surface area contributed by atoms with Crippen molar-refractivity contribution in [2.45, 2.75) is 0 Å². The SMILES string of the molecule is O=S(=O)(O)CNc1cnn(-c2ccccc2)c1. The van der Waals surface area contributed by atoms with Crippen molar-refractivity contribution in [2.75, 3.05) is 11.2 Å². The van der Waals surface area contributed by atoms with E-state index >= 15 is 0 Å². The molecule has 2 rings (SSSR count). The molecule has 1 aromatic heterocycles. The van der Waals surface area contributed by atoms with Gasteiger partial charge in [-0.25, -0.2) is 4.68 Å². The molecule has 7 heteroatoms. The van der Waals surface area contributed by atoms with Crippen LogP contribution in [0.2, 0.25) is 0 Å². The molecule has 0 bridgehead atoms. The molecule has 0 aliphatic heterocycles. The molecule has 1 heterocycles. The van der Waals surface area contributed by atoms with Crippen molar-refractivity contribution >= 4 is 15.8 Å². The second kappa shape index (κ2) is 4.56. The summed E-state index contributed by atoms with van der Waals surface area (Å²) < 4.78 is 31.3. The standard InChI is InChI=1S/C10H11N3O3S/c14-17(15,16)8-11-9-6-12-13(7-9)10-4-2-1-3-5-10/h1-7,11H,8H2,(H,14,15,16). The number of hydrogen-bond donors (Lipinski definition) is 2. The van der Waals surface area contributed by atoms with Gasteiger partial charge in [-0.1, -0.05) is 18.2 Å². The Balaban J connectivity index is 2.12. The van der Waals surface area contributed by atoms with Crippen LogP contribution in [0, 0.1) is 0 Å². The lowest BCUT2D eigenvalue weighted by molar-refractivity contribution is 0.485. The molecule has 0 aliphatic carbocycles. The van der Waals surface area contributed by atoms with Crippen molar-refractivity contribution in [1.82, 2.24) is 9.78 Å². The van der Waals surface area contributed by atoms with Gasteiger partial charge in [-0.3, -0.25) is 4.55 Å². The van der Waals surface area contributed by atoms with Crippen LogP contribution in [0.1, 0.15) is 0 Å². The number of aromatic nitrogens is 2. The van der Waals surface area contributed by atoms with E-state index in [9.17, 15) is 8.42 Å². The van der Waals surface area contributed by atoms with Gasteiger partial charge in [-0.15, -0.1) is 0 Å². The summed E-state index contributed by atoms with van der Waals surface area (Å²) in [6, 6.07) is 9.40. The number of para-hydroxylation sites is 1. The van der Waals surface area contributed by atoms with Crippen LogP contribution in [0.25, 0.3) is 5.69 Å². The van der Waals surface area contributed by atoms with Gasteiger partial charge < -0.3 is 5.32 Å². The lowest BCUT2D eigenvalue weighted by atomic mass is 10.3. The van der Waals surface area contributed by atoms with Gasteiger partial charge in [-0.2, -0.15) is 13.5 Å². The molecule has 0 unspecified atom stereocenters. The second-order valence-electron chi connectivity index (χ2n) is 3.41. The van der Waals surface area contributed by atoms with Crippen LogP contribution in [0.4, 0.5) is 5.69 Å². The van der Waals surface area contributed by atoms with Gasteiger partial charge in [0.05, 0.1) is 23.8 Å². The highest BCUT2D eigenvalue weighted by atomic mass is 32.2. The first-order chi connectivity index (χ1) is 8.04. The first kappa shape index (κ1) is 11.6. The van der Waals surface area contributed by atoms with E-state index in [4.69, 9.17) is 4.55 Å². The summed E-state index contributed by atoms with van der Waals surface area (Å²) in [5.74, 6) is -0.534. The van der Waals surface area contributed by atoms with E-state index in [-0.39, 0.29) is 0 Å². The smallest absolute Gasteiger partial charge is 0.283 e. The Kier molecular flexibility index (Phi) is 3.12. The molecule has 1 aromatic carbocycles. The van der Waals surface area contributed by atoms with Crippen molar-refractivity contribution < 1.29 is 13.0 Å². The largest absolute Gasteiger partial charge is 0.367 e. The Morgan fingerprint density at radius 3 is 2.65 bits per heavy atom. The molecule has 2 N–H and O–H groups in total. The third-order valence-corrected chi connectivity index (χ3v) is 2.57. The van der Waals surface area contributed by atoms with Gasteiger partial charge in [-0.05, 0) is 12.1 Å². The zero-order chi connectivity index (χ0) is 12.3. The van der Waals surface area contributed by atoms with Crippen LogP contribution in [-0.4, -0.2) is 28.6 Å². The predicted octanol–water partition coefficient (Wildman–Crippen LogP) is 1.13. The zero-order valence-corrected chi connectivity index (χ0v) is 9.63. The molecule has 17 heavy (non-hydrogen) atoms. The molecule has 0 amide bonds.